The van der Waals surface area contributed by atoms with Gasteiger partial charge in [-0.15, -0.1) is 0 Å². The Labute approximate surface area is 461 Å². The number of aromatic nitrogens is 2. The van der Waals surface area contributed by atoms with Gasteiger partial charge >= 0.3 is 0 Å². The van der Waals surface area contributed by atoms with Crippen molar-refractivity contribution in [2.75, 3.05) is 16.5 Å². The molecule has 1 aliphatic heterocycles. The number of benzene rings is 9. The predicted molar refractivity (Wildman–Crippen MR) is 325 cm³/mol. The van der Waals surface area contributed by atoms with Crippen molar-refractivity contribution >= 4 is 44.6 Å². The van der Waals surface area contributed by atoms with Crippen LogP contribution >= 0.6 is 0 Å². The third-order valence-corrected chi connectivity index (χ3v) is 15.0. The molecule has 0 saturated carbocycles. The van der Waals surface area contributed by atoms with Crippen molar-refractivity contribution in [1.29, 1.82) is 0 Å². The summed E-state index contributed by atoms with van der Waals surface area (Å²) in [6.07, 6.45) is 1.58. The van der Waals surface area contributed by atoms with Crippen LogP contribution in [0.4, 0.5) is 22.7 Å². The van der Waals surface area contributed by atoms with Gasteiger partial charge in [-0.3, -0.25) is 4.57 Å². The molecular formula is C72H66N4O. The van der Waals surface area contributed by atoms with Crippen LogP contribution in [0, 0.1) is 0 Å². The van der Waals surface area contributed by atoms with E-state index < -0.39 is 6.04 Å². The Bertz CT molecular complexity index is 4220. The highest BCUT2D eigenvalue weighted by Gasteiger charge is 2.35. The maximum absolute atomic E-state index is 8.61. The molecule has 0 saturated heterocycles. The van der Waals surface area contributed by atoms with Gasteiger partial charge in [-0.05, 0) is 122 Å². The first-order chi connectivity index (χ1) is 39.1. The average Bonchev–Trinajstić information content (AvgIpc) is 2.92. The number of nitrogens with zero attached hydrogens (tertiary/aromatic N) is 4. The molecular weight excluding hydrogens is 937 g/mol. The zero-order valence-corrected chi connectivity index (χ0v) is 45.4. The second-order valence-corrected chi connectivity index (χ2v) is 23.4. The molecule has 0 N–H and O–H groups in total. The van der Waals surface area contributed by atoms with E-state index in [1.165, 1.54) is 33.4 Å². The summed E-state index contributed by atoms with van der Waals surface area (Å²) in [5.41, 5.74) is 17.1. The molecule has 5 heteroatoms. The molecule has 11 aromatic rings. The molecule has 9 aromatic carbocycles. The monoisotopic (exact) mass is 1010 g/mol. The lowest BCUT2D eigenvalue weighted by molar-refractivity contribution is 0.483. The van der Waals surface area contributed by atoms with Crippen molar-refractivity contribution in [2.24, 2.45) is 0 Å². The van der Waals surface area contributed by atoms with Crippen LogP contribution in [0.25, 0.3) is 72.1 Å². The zero-order chi connectivity index (χ0) is 57.6. The number of hydrogen-bond donors (Lipinski definition) is 0. The lowest BCUT2D eigenvalue weighted by Crippen LogP contribution is -2.26. The van der Waals surface area contributed by atoms with Crippen LogP contribution in [0.15, 0.2) is 224 Å². The van der Waals surface area contributed by atoms with Crippen LogP contribution in [-0.2, 0) is 16.2 Å². The van der Waals surface area contributed by atoms with E-state index in [0.29, 0.717) is 29.5 Å². The Morgan fingerprint density at radius 3 is 1.60 bits per heavy atom. The van der Waals surface area contributed by atoms with E-state index >= 15 is 0 Å². The topological polar surface area (TPSA) is 33.5 Å². The van der Waals surface area contributed by atoms with Gasteiger partial charge in [0.15, 0.2) is 0 Å². The number of ether oxygens (including phenoxy) is 1. The SMILES string of the molecule is [2H]c1c([2H])c([2H])c(-c2ccc(-n3c4ccccc4c4ccc(Oc5ccc(-c6ccccc6)c(N6CN(c7c(-c8ccccc8)cc(C(C)(C)C)cc7-c7cc(C(C)(C)C)cc(C(C)(C)C)c7)c7ccccc76)c5)cc43)nc2)c([2H])c1[2H]. The number of hydrogen-bond acceptors (Lipinski definition) is 4. The van der Waals surface area contributed by atoms with Gasteiger partial charge in [-0.25, -0.2) is 4.98 Å². The third-order valence-electron chi connectivity index (χ3n) is 15.0. The maximum Gasteiger partial charge on any atom is 0.137 e. The molecule has 0 spiro atoms. The highest BCUT2D eigenvalue weighted by atomic mass is 16.5. The number of pyridine rings is 1. The first-order valence-electron chi connectivity index (χ1n) is 29.1. The molecule has 77 heavy (non-hydrogen) atoms. The van der Waals surface area contributed by atoms with Gasteiger partial charge in [-0.2, -0.15) is 0 Å². The van der Waals surface area contributed by atoms with E-state index in [-0.39, 0.29) is 46.0 Å². The first kappa shape index (κ1) is 43.6. The van der Waals surface area contributed by atoms with Gasteiger partial charge in [-0.1, -0.05) is 202 Å². The van der Waals surface area contributed by atoms with E-state index in [1.54, 1.807) is 12.3 Å². The predicted octanol–water partition coefficient (Wildman–Crippen LogP) is 19.8. The molecule has 3 heterocycles. The number of para-hydroxylation sites is 3. The van der Waals surface area contributed by atoms with Gasteiger partial charge in [0.1, 0.15) is 24.0 Å². The van der Waals surface area contributed by atoms with Crippen LogP contribution in [0.1, 0.15) is 85.9 Å². The van der Waals surface area contributed by atoms with Crippen molar-refractivity contribution in [3.63, 3.8) is 0 Å². The largest absolute Gasteiger partial charge is 0.457 e. The standard InChI is InChI=1S/C72H66N4O/c1-70(2,3)53-39-52(40-54(41-53)71(4,5)6)62-43-55(72(7,8)9)42-61(50-27-17-12-18-28-50)69(62)75-47-74(64-31-21-22-32-65(64)75)66-44-56(34-36-58(66)49-25-15-11-16-26-49)77-57-35-37-60-59-29-19-20-30-63(59)76(67(60)45-57)68-38-33-51(46-73-68)48-23-13-10-14-24-48/h10-46H,47H2,1-9H3/i10D,13D,14D,23D,24D. The van der Waals surface area contributed by atoms with Gasteiger partial charge in [0, 0.05) is 51.4 Å². The Morgan fingerprint density at radius 2 is 0.961 bits per heavy atom. The summed E-state index contributed by atoms with van der Waals surface area (Å²) < 4.78 is 51.0. The number of fused-ring (bicyclic) bond motifs is 4. The second-order valence-electron chi connectivity index (χ2n) is 23.4. The fourth-order valence-electron chi connectivity index (χ4n) is 10.8. The van der Waals surface area contributed by atoms with Gasteiger partial charge < -0.3 is 14.5 Å². The molecule has 0 unspecified atom stereocenters. The molecule has 2 aromatic heterocycles. The van der Waals surface area contributed by atoms with Gasteiger partial charge in [0.25, 0.3) is 0 Å². The summed E-state index contributed by atoms with van der Waals surface area (Å²) in [5, 5.41) is 2.05. The van der Waals surface area contributed by atoms with Crippen molar-refractivity contribution in [2.45, 2.75) is 78.6 Å². The summed E-state index contributed by atoms with van der Waals surface area (Å²) in [5.74, 6) is 1.91. The number of rotatable bonds is 9. The minimum absolute atomic E-state index is 0.0886. The van der Waals surface area contributed by atoms with E-state index in [1.807, 2.05) is 30.3 Å². The Morgan fingerprint density at radius 1 is 0.416 bits per heavy atom. The molecule has 380 valence electrons. The van der Waals surface area contributed by atoms with Crippen LogP contribution in [0.2, 0.25) is 0 Å². The maximum atomic E-state index is 8.61. The molecule has 0 aliphatic carbocycles. The summed E-state index contributed by atoms with van der Waals surface area (Å²) in [4.78, 5) is 9.85. The van der Waals surface area contributed by atoms with E-state index in [0.717, 1.165) is 61.2 Å². The average molecular weight is 1010 g/mol. The fraction of sp³-hybridized carbons (Fsp3) is 0.181. The van der Waals surface area contributed by atoms with Crippen molar-refractivity contribution < 1.29 is 11.6 Å². The Hall–Kier alpha value is -8.67. The molecule has 0 fully saturated rings. The van der Waals surface area contributed by atoms with Crippen LogP contribution in [-0.4, -0.2) is 16.2 Å². The summed E-state index contributed by atoms with van der Waals surface area (Å²) in [6.45, 7) is 21.3. The summed E-state index contributed by atoms with van der Waals surface area (Å²) >= 11 is 0. The first-order valence-corrected chi connectivity index (χ1v) is 26.6. The summed E-state index contributed by atoms with van der Waals surface area (Å²) in [7, 11) is 0. The fourth-order valence-corrected chi connectivity index (χ4v) is 10.8. The quantitative estimate of drug-likeness (QED) is 0.144. The highest BCUT2D eigenvalue weighted by Crippen LogP contribution is 2.53. The van der Waals surface area contributed by atoms with Crippen LogP contribution in [0.5, 0.6) is 11.5 Å². The van der Waals surface area contributed by atoms with Crippen molar-refractivity contribution in [3.8, 4) is 61.8 Å². The third kappa shape index (κ3) is 9.35. The Kier molecular flexibility index (Phi) is 10.8. The van der Waals surface area contributed by atoms with E-state index in [9.17, 15) is 0 Å². The number of anilines is 4. The van der Waals surface area contributed by atoms with Crippen molar-refractivity contribution in [1.82, 2.24) is 9.55 Å². The van der Waals surface area contributed by atoms with Crippen molar-refractivity contribution in [3.05, 3.63) is 241 Å². The van der Waals surface area contributed by atoms with E-state index in [4.69, 9.17) is 16.6 Å². The minimum atomic E-state index is -0.430. The van der Waals surface area contributed by atoms with Crippen LogP contribution < -0.4 is 14.5 Å². The lowest BCUT2D eigenvalue weighted by Gasteiger charge is -2.32. The molecule has 0 amide bonds. The molecule has 0 atom stereocenters. The molecule has 0 bridgehead atoms. The lowest BCUT2D eigenvalue weighted by atomic mass is 9.77. The van der Waals surface area contributed by atoms with Gasteiger partial charge in [0.2, 0.25) is 0 Å². The molecule has 0 radical (unpaired) electrons. The van der Waals surface area contributed by atoms with E-state index in [2.05, 4.69) is 228 Å². The minimum Gasteiger partial charge on any atom is -0.457 e. The Balaban J connectivity index is 0.999. The molecule has 1 aliphatic rings. The smallest absolute Gasteiger partial charge is 0.137 e. The summed E-state index contributed by atoms with van der Waals surface area (Å²) in [6, 6.07) is 65.0. The van der Waals surface area contributed by atoms with Gasteiger partial charge in [0.05, 0.1) is 40.6 Å². The second kappa shape index (κ2) is 19.2. The molecule has 5 nitrogen and oxygen atoms in total. The molecule has 12 rings (SSSR count). The zero-order valence-electron chi connectivity index (χ0n) is 50.4. The normalized spacial score (nSPS) is 13.8. The highest BCUT2D eigenvalue weighted by molar-refractivity contribution is 6.09. The van der Waals surface area contributed by atoms with Crippen LogP contribution in [0.3, 0.4) is 0 Å².